The molecule has 0 aromatic carbocycles. The number of hydrogen-bond donors (Lipinski definition) is 1. The Hall–Kier alpha value is -1.10. The lowest BCUT2D eigenvalue weighted by molar-refractivity contribution is -0.144. The normalized spacial score (nSPS) is 14.0. The van der Waals surface area contributed by atoms with E-state index >= 15 is 0 Å². The maximum Gasteiger partial charge on any atom is 0.306 e. The van der Waals surface area contributed by atoms with Crippen LogP contribution in [0.25, 0.3) is 0 Å². The molecule has 1 amide bonds. The quantitative estimate of drug-likeness (QED) is 0.617. The molecule has 1 N–H and O–H groups in total. The summed E-state index contributed by atoms with van der Waals surface area (Å²) >= 11 is 0. The highest BCUT2D eigenvalue weighted by Crippen LogP contribution is 2.21. The van der Waals surface area contributed by atoms with Crippen LogP contribution in [-0.4, -0.2) is 50.1 Å². The van der Waals surface area contributed by atoms with Gasteiger partial charge in [0.2, 0.25) is 5.91 Å². The van der Waals surface area contributed by atoms with Crippen molar-refractivity contribution in [3.05, 3.63) is 0 Å². The van der Waals surface area contributed by atoms with Gasteiger partial charge in [0.25, 0.3) is 0 Å². The fourth-order valence-electron chi connectivity index (χ4n) is 2.75. The number of ether oxygens (including phenoxy) is 1. The first-order chi connectivity index (χ1) is 12.8. The number of nitrogens with zero attached hydrogens (tertiary/aromatic N) is 1. The Morgan fingerprint density at radius 2 is 1.59 bits per heavy atom. The summed E-state index contributed by atoms with van der Waals surface area (Å²) in [7, 11) is 3.74. The molecule has 0 spiro atoms. The summed E-state index contributed by atoms with van der Waals surface area (Å²) in [5.74, 6) is 1.16. The summed E-state index contributed by atoms with van der Waals surface area (Å²) in [5, 5.41) is 2.90. The maximum atomic E-state index is 11.5. The Labute approximate surface area is 168 Å². The summed E-state index contributed by atoms with van der Waals surface area (Å²) in [6.07, 6.45) is 7.77. The van der Waals surface area contributed by atoms with Crippen LogP contribution in [0.5, 0.6) is 0 Å². The second-order valence-electron chi connectivity index (χ2n) is 7.83. The van der Waals surface area contributed by atoms with Gasteiger partial charge >= 0.3 is 5.97 Å². The van der Waals surface area contributed by atoms with E-state index in [9.17, 15) is 9.59 Å². The van der Waals surface area contributed by atoms with Crippen LogP contribution < -0.4 is 5.32 Å². The number of carbonyl (C=O) groups is 2. The number of likely N-dealkylation sites (N-methyl/N-ethyl adjacent to an activating group) is 2. The first-order valence-electron chi connectivity index (χ1n) is 10.8. The Morgan fingerprint density at radius 3 is 2.04 bits per heavy atom. The van der Waals surface area contributed by atoms with Crippen LogP contribution in [0.4, 0.5) is 0 Å². The van der Waals surface area contributed by atoms with Gasteiger partial charge in [-0.25, -0.2) is 0 Å². The van der Waals surface area contributed by atoms with Gasteiger partial charge in [-0.2, -0.15) is 0 Å². The second-order valence-corrected chi connectivity index (χ2v) is 7.83. The standard InChI is InChI=1S/C10H20N2O.C10H20O2.C2H6/c1-11-8-10(13)12(2)9-6-4-3-5-7-9;1-8(2)5-6-12-10(11)7-9(3)4;1-2/h9,11H,3-8H2,1-2H3;8-9H,5-7H2,1-4H3;1-2H3. The van der Waals surface area contributed by atoms with Crippen molar-refractivity contribution in [2.24, 2.45) is 11.8 Å². The van der Waals surface area contributed by atoms with Gasteiger partial charge in [0.15, 0.2) is 0 Å². The summed E-state index contributed by atoms with van der Waals surface area (Å²) in [4.78, 5) is 24.4. The summed E-state index contributed by atoms with van der Waals surface area (Å²) in [6, 6.07) is 0.495. The van der Waals surface area contributed by atoms with Gasteiger partial charge in [-0.3, -0.25) is 9.59 Å². The Kier molecular flexibility index (Phi) is 19.0. The molecule has 0 unspecified atom stereocenters. The average Bonchev–Trinajstić information content (AvgIpc) is 2.63. The van der Waals surface area contributed by atoms with Gasteiger partial charge < -0.3 is 15.0 Å². The highest BCUT2D eigenvalue weighted by Gasteiger charge is 2.20. The molecule has 0 heterocycles. The van der Waals surface area contributed by atoms with Crippen molar-refractivity contribution in [2.75, 3.05) is 27.2 Å². The van der Waals surface area contributed by atoms with E-state index in [1.54, 1.807) is 0 Å². The predicted octanol–water partition coefficient (Wildman–Crippen LogP) is 4.64. The molecule has 1 rings (SSSR count). The van der Waals surface area contributed by atoms with Crippen molar-refractivity contribution in [1.29, 1.82) is 0 Å². The maximum absolute atomic E-state index is 11.5. The fraction of sp³-hybridized carbons (Fsp3) is 0.909. The van der Waals surface area contributed by atoms with E-state index in [1.165, 1.54) is 32.1 Å². The third kappa shape index (κ3) is 16.8. The van der Waals surface area contributed by atoms with Crippen molar-refractivity contribution in [3.8, 4) is 0 Å². The first-order valence-corrected chi connectivity index (χ1v) is 10.8. The number of hydrogen-bond acceptors (Lipinski definition) is 4. The van der Waals surface area contributed by atoms with E-state index in [0.717, 1.165) is 6.42 Å². The molecule has 27 heavy (non-hydrogen) atoms. The molecule has 0 aromatic rings. The van der Waals surface area contributed by atoms with E-state index in [-0.39, 0.29) is 11.9 Å². The lowest BCUT2D eigenvalue weighted by Crippen LogP contribution is -2.42. The number of amides is 1. The van der Waals surface area contributed by atoms with Crippen LogP contribution in [0, 0.1) is 11.8 Å². The third-order valence-corrected chi connectivity index (χ3v) is 4.38. The molecule has 1 aliphatic rings. The molecule has 5 heteroatoms. The zero-order chi connectivity index (χ0) is 21.2. The lowest BCUT2D eigenvalue weighted by atomic mass is 9.94. The van der Waals surface area contributed by atoms with E-state index in [1.807, 2.05) is 46.7 Å². The van der Waals surface area contributed by atoms with Crippen molar-refractivity contribution in [2.45, 2.75) is 92.5 Å². The molecular weight excluding hydrogens is 340 g/mol. The van der Waals surface area contributed by atoms with Crippen LogP contribution in [0.3, 0.4) is 0 Å². The molecule has 0 radical (unpaired) electrons. The molecular formula is C22H46N2O3. The number of carbonyl (C=O) groups excluding carboxylic acids is 2. The highest BCUT2D eigenvalue weighted by atomic mass is 16.5. The Bertz CT molecular complexity index is 365. The zero-order valence-corrected chi connectivity index (χ0v) is 19.3. The van der Waals surface area contributed by atoms with Gasteiger partial charge in [0, 0.05) is 19.5 Å². The largest absolute Gasteiger partial charge is 0.466 e. The van der Waals surface area contributed by atoms with Crippen LogP contribution in [0.2, 0.25) is 0 Å². The van der Waals surface area contributed by atoms with Crippen LogP contribution in [0.1, 0.15) is 86.5 Å². The molecule has 0 atom stereocenters. The van der Waals surface area contributed by atoms with Crippen molar-refractivity contribution < 1.29 is 14.3 Å². The van der Waals surface area contributed by atoms with E-state index in [4.69, 9.17) is 4.74 Å². The molecule has 1 saturated carbocycles. The molecule has 162 valence electrons. The third-order valence-electron chi connectivity index (χ3n) is 4.38. The molecule has 0 aromatic heterocycles. The van der Waals surface area contributed by atoms with Crippen LogP contribution >= 0.6 is 0 Å². The summed E-state index contributed by atoms with van der Waals surface area (Å²) in [6.45, 7) is 13.3. The van der Waals surface area contributed by atoms with Crippen molar-refractivity contribution in [3.63, 3.8) is 0 Å². The van der Waals surface area contributed by atoms with Crippen LogP contribution in [-0.2, 0) is 14.3 Å². The van der Waals surface area contributed by atoms with E-state index in [2.05, 4.69) is 19.2 Å². The monoisotopic (exact) mass is 386 g/mol. The summed E-state index contributed by atoms with van der Waals surface area (Å²) in [5.41, 5.74) is 0. The average molecular weight is 387 g/mol. The molecule has 5 nitrogen and oxygen atoms in total. The Balaban J connectivity index is 0. The molecule has 0 aliphatic heterocycles. The van der Waals surface area contributed by atoms with E-state index < -0.39 is 0 Å². The fourth-order valence-corrected chi connectivity index (χ4v) is 2.75. The smallest absolute Gasteiger partial charge is 0.306 e. The predicted molar refractivity (Wildman–Crippen MR) is 115 cm³/mol. The van der Waals surface area contributed by atoms with Crippen molar-refractivity contribution >= 4 is 11.9 Å². The van der Waals surface area contributed by atoms with Crippen LogP contribution in [0.15, 0.2) is 0 Å². The number of rotatable bonds is 8. The molecule has 0 saturated heterocycles. The first kappa shape index (κ1) is 28.1. The van der Waals surface area contributed by atoms with Gasteiger partial charge in [0.1, 0.15) is 0 Å². The minimum absolute atomic E-state index is 0.0642. The van der Waals surface area contributed by atoms with Crippen molar-refractivity contribution in [1.82, 2.24) is 10.2 Å². The van der Waals surface area contributed by atoms with Gasteiger partial charge in [-0.15, -0.1) is 0 Å². The van der Waals surface area contributed by atoms with Gasteiger partial charge in [-0.05, 0) is 38.1 Å². The SMILES string of the molecule is CC.CC(C)CCOC(=O)CC(C)C.CNCC(=O)N(C)C1CCCCC1. The Morgan fingerprint density at radius 1 is 1.04 bits per heavy atom. The number of nitrogens with one attached hydrogen (secondary N) is 1. The van der Waals surface area contributed by atoms with Gasteiger partial charge in [-0.1, -0.05) is 60.8 Å². The van der Waals surface area contributed by atoms with E-state index in [0.29, 0.717) is 37.5 Å². The second kappa shape index (κ2) is 18.3. The highest BCUT2D eigenvalue weighted by molar-refractivity contribution is 5.78. The summed E-state index contributed by atoms with van der Waals surface area (Å²) < 4.78 is 5.02. The molecule has 1 fully saturated rings. The minimum Gasteiger partial charge on any atom is -0.466 e. The van der Waals surface area contributed by atoms with Gasteiger partial charge in [0.05, 0.1) is 13.2 Å². The minimum atomic E-state index is -0.0642. The molecule has 0 bridgehead atoms. The number of esters is 1. The lowest BCUT2D eigenvalue weighted by Gasteiger charge is -2.31. The topological polar surface area (TPSA) is 58.6 Å². The molecule has 1 aliphatic carbocycles. The zero-order valence-electron chi connectivity index (χ0n) is 19.3.